The number of hydrogen-bond acceptors (Lipinski definition) is 4. The molecular formula is C18H25F3N4O. The summed E-state index contributed by atoms with van der Waals surface area (Å²) in [6.45, 7) is 1.28. The zero-order chi connectivity index (χ0) is 18.8. The molecule has 0 unspecified atom stereocenters. The third-order valence-corrected chi connectivity index (χ3v) is 5.43. The standard InChI is InChI=1S/C18H25F3N4O/c19-18(20,21)13-4-5-15(23-12-13)25-10-6-14(7-11-25)24-16(26)17(22)8-2-1-3-9-17/h4-5,12,14H,1-3,6-11,22H2,(H,24,26). The molecule has 0 aromatic carbocycles. The number of nitrogens with zero attached hydrogens (tertiary/aromatic N) is 2. The van der Waals surface area contributed by atoms with Crippen LogP contribution < -0.4 is 16.0 Å². The molecule has 1 aromatic heterocycles. The number of nitrogens with one attached hydrogen (secondary N) is 1. The molecule has 1 saturated heterocycles. The molecule has 26 heavy (non-hydrogen) atoms. The molecule has 2 fully saturated rings. The van der Waals surface area contributed by atoms with Crippen LogP contribution >= 0.6 is 0 Å². The largest absolute Gasteiger partial charge is 0.417 e. The Hall–Kier alpha value is -1.83. The number of halogens is 3. The van der Waals surface area contributed by atoms with Crippen molar-refractivity contribution in [3.05, 3.63) is 23.9 Å². The van der Waals surface area contributed by atoms with Crippen LogP contribution in [0.1, 0.15) is 50.5 Å². The van der Waals surface area contributed by atoms with Gasteiger partial charge in [0.2, 0.25) is 5.91 Å². The average Bonchev–Trinajstić information content (AvgIpc) is 2.62. The summed E-state index contributed by atoms with van der Waals surface area (Å²) in [6, 6.07) is 2.51. The summed E-state index contributed by atoms with van der Waals surface area (Å²) in [7, 11) is 0. The fourth-order valence-corrected chi connectivity index (χ4v) is 3.73. The molecule has 3 N–H and O–H groups in total. The Morgan fingerprint density at radius 3 is 2.38 bits per heavy atom. The minimum absolute atomic E-state index is 0.0514. The maximum absolute atomic E-state index is 12.6. The molecule has 2 heterocycles. The van der Waals surface area contributed by atoms with Gasteiger partial charge >= 0.3 is 6.18 Å². The number of aromatic nitrogens is 1. The molecule has 0 bridgehead atoms. The van der Waals surface area contributed by atoms with Crippen molar-refractivity contribution in [1.29, 1.82) is 0 Å². The van der Waals surface area contributed by atoms with E-state index in [4.69, 9.17) is 5.73 Å². The Bertz CT molecular complexity index is 618. The Labute approximate surface area is 151 Å². The van der Waals surface area contributed by atoms with Gasteiger partial charge in [0.05, 0.1) is 11.1 Å². The van der Waals surface area contributed by atoms with Gasteiger partial charge in [-0.3, -0.25) is 4.79 Å². The Kier molecular flexibility index (Phi) is 5.41. The number of alkyl halides is 3. The number of rotatable bonds is 3. The van der Waals surface area contributed by atoms with Crippen molar-refractivity contribution in [3.8, 4) is 0 Å². The predicted molar refractivity (Wildman–Crippen MR) is 92.6 cm³/mol. The van der Waals surface area contributed by atoms with Crippen molar-refractivity contribution in [2.24, 2.45) is 5.73 Å². The van der Waals surface area contributed by atoms with Gasteiger partial charge in [-0.1, -0.05) is 19.3 Å². The molecular weight excluding hydrogens is 345 g/mol. The number of nitrogens with two attached hydrogens (primary N) is 1. The molecule has 1 saturated carbocycles. The number of carbonyl (C=O) groups is 1. The number of piperidine rings is 1. The second-order valence-corrected chi connectivity index (χ2v) is 7.35. The molecule has 8 heteroatoms. The fourth-order valence-electron chi connectivity index (χ4n) is 3.73. The van der Waals surface area contributed by atoms with Crippen LogP contribution in [0.4, 0.5) is 19.0 Å². The van der Waals surface area contributed by atoms with E-state index in [1.165, 1.54) is 6.07 Å². The molecule has 0 atom stereocenters. The second kappa shape index (κ2) is 7.42. The number of amides is 1. The van der Waals surface area contributed by atoms with Crippen molar-refractivity contribution in [3.63, 3.8) is 0 Å². The molecule has 1 aromatic rings. The van der Waals surface area contributed by atoms with Crippen LogP contribution in [0.5, 0.6) is 0 Å². The normalized spacial score (nSPS) is 21.5. The summed E-state index contributed by atoms with van der Waals surface area (Å²) in [6.07, 6.45) is 2.51. The zero-order valence-corrected chi connectivity index (χ0v) is 14.7. The Morgan fingerprint density at radius 1 is 1.19 bits per heavy atom. The van der Waals surface area contributed by atoms with Crippen molar-refractivity contribution in [2.75, 3.05) is 18.0 Å². The van der Waals surface area contributed by atoms with Gasteiger partial charge in [0, 0.05) is 25.3 Å². The van der Waals surface area contributed by atoms with E-state index in [0.29, 0.717) is 18.9 Å². The minimum Gasteiger partial charge on any atom is -0.356 e. The summed E-state index contributed by atoms with van der Waals surface area (Å²) in [5, 5.41) is 3.07. The van der Waals surface area contributed by atoms with E-state index in [1.807, 2.05) is 4.90 Å². The second-order valence-electron chi connectivity index (χ2n) is 7.35. The molecule has 144 valence electrons. The summed E-state index contributed by atoms with van der Waals surface area (Å²) >= 11 is 0. The monoisotopic (exact) mass is 370 g/mol. The third kappa shape index (κ3) is 4.28. The first kappa shape index (κ1) is 18.9. The third-order valence-electron chi connectivity index (χ3n) is 5.43. The van der Waals surface area contributed by atoms with Gasteiger partial charge in [-0.2, -0.15) is 13.2 Å². The van der Waals surface area contributed by atoms with Gasteiger partial charge in [-0.15, -0.1) is 0 Å². The number of hydrogen-bond donors (Lipinski definition) is 2. The van der Waals surface area contributed by atoms with E-state index in [9.17, 15) is 18.0 Å². The lowest BCUT2D eigenvalue weighted by molar-refractivity contribution is -0.137. The quantitative estimate of drug-likeness (QED) is 0.858. The van der Waals surface area contributed by atoms with Crippen LogP contribution in [0, 0.1) is 0 Å². The first-order chi connectivity index (χ1) is 12.3. The summed E-state index contributed by atoms with van der Waals surface area (Å²) < 4.78 is 37.8. The van der Waals surface area contributed by atoms with Crippen molar-refractivity contribution in [1.82, 2.24) is 10.3 Å². The highest BCUT2D eigenvalue weighted by Crippen LogP contribution is 2.30. The first-order valence-corrected chi connectivity index (χ1v) is 9.16. The summed E-state index contributed by atoms with van der Waals surface area (Å²) in [4.78, 5) is 18.4. The number of pyridine rings is 1. The number of carbonyl (C=O) groups excluding carboxylic acids is 1. The lowest BCUT2D eigenvalue weighted by Crippen LogP contribution is -2.58. The molecule has 0 spiro atoms. The Morgan fingerprint density at radius 2 is 1.85 bits per heavy atom. The highest BCUT2D eigenvalue weighted by molar-refractivity contribution is 5.86. The van der Waals surface area contributed by atoms with E-state index in [0.717, 1.165) is 57.2 Å². The number of anilines is 1. The SMILES string of the molecule is NC1(C(=O)NC2CCN(c3ccc(C(F)(F)F)cn3)CC2)CCCCC1. The molecule has 5 nitrogen and oxygen atoms in total. The van der Waals surface area contributed by atoms with Crippen LogP contribution in [0.25, 0.3) is 0 Å². The topological polar surface area (TPSA) is 71.2 Å². The van der Waals surface area contributed by atoms with Gasteiger partial charge in [-0.25, -0.2) is 4.98 Å². The maximum Gasteiger partial charge on any atom is 0.417 e. The maximum atomic E-state index is 12.6. The van der Waals surface area contributed by atoms with E-state index in [2.05, 4.69) is 10.3 Å². The average molecular weight is 370 g/mol. The van der Waals surface area contributed by atoms with E-state index >= 15 is 0 Å². The van der Waals surface area contributed by atoms with Crippen LogP contribution in [0.3, 0.4) is 0 Å². The molecule has 1 aliphatic heterocycles. The van der Waals surface area contributed by atoms with Crippen molar-refractivity contribution in [2.45, 2.75) is 62.7 Å². The zero-order valence-electron chi connectivity index (χ0n) is 14.7. The van der Waals surface area contributed by atoms with Crippen LogP contribution in [0.15, 0.2) is 18.3 Å². The van der Waals surface area contributed by atoms with E-state index in [-0.39, 0.29) is 11.9 Å². The van der Waals surface area contributed by atoms with Crippen LogP contribution in [-0.4, -0.2) is 35.6 Å². The van der Waals surface area contributed by atoms with Crippen molar-refractivity contribution < 1.29 is 18.0 Å². The first-order valence-electron chi connectivity index (χ1n) is 9.16. The molecule has 2 aliphatic rings. The van der Waals surface area contributed by atoms with Crippen LogP contribution in [-0.2, 0) is 11.0 Å². The minimum atomic E-state index is -4.37. The molecule has 1 amide bonds. The summed E-state index contributed by atoms with van der Waals surface area (Å²) in [5.74, 6) is 0.466. The van der Waals surface area contributed by atoms with Gasteiger partial charge in [-0.05, 0) is 37.8 Å². The molecule has 1 aliphatic carbocycles. The van der Waals surface area contributed by atoms with Gasteiger partial charge in [0.15, 0.2) is 0 Å². The van der Waals surface area contributed by atoms with E-state index < -0.39 is 17.3 Å². The van der Waals surface area contributed by atoms with Crippen molar-refractivity contribution >= 4 is 11.7 Å². The highest BCUT2D eigenvalue weighted by atomic mass is 19.4. The molecule has 3 rings (SSSR count). The van der Waals surface area contributed by atoms with Crippen LogP contribution in [0.2, 0.25) is 0 Å². The van der Waals surface area contributed by atoms with Gasteiger partial charge in [0.1, 0.15) is 5.82 Å². The van der Waals surface area contributed by atoms with Gasteiger partial charge in [0.25, 0.3) is 0 Å². The smallest absolute Gasteiger partial charge is 0.356 e. The lowest BCUT2D eigenvalue weighted by Gasteiger charge is -2.37. The lowest BCUT2D eigenvalue weighted by atomic mass is 9.81. The fraction of sp³-hybridized carbons (Fsp3) is 0.667. The Balaban J connectivity index is 1.52. The molecule has 0 radical (unpaired) electrons. The van der Waals surface area contributed by atoms with E-state index in [1.54, 1.807) is 0 Å². The predicted octanol–water partition coefficient (Wildman–Crippen LogP) is 2.85. The summed E-state index contributed by atoms with van der Waals surface area (Å²) in [5.41, 5.74) is 4.77. The highest BCUT2D eigenvalue weighted by Gasteiger charge is 2.36. The van der Waals surface area contributed by atoms with Gasteiger partial charge < -0.3 is 16.0 Å².